The minimum Gasteiger partial charge on any atom is -0.785 e. The van der Waals surface area contributed by atoms with E-state index in [1.165, 1.54) is 7.05 Å². The maximum Gasteiger partial charge on any atom is 1.00 e. The summed E-state index contributed by atoms with van der Waals surface area (Å²) in [6.07, 6.45) is 7.38. The Bertz CT molecular complexity index is 640. The van der Waals surface area contributed by atoms with Crippen molar-refractivity contribution in [2.75, 3.05) is 7.05 Å². The maximum atomic E-state index is 12.4. The Kier molecular flexibility index (Phi) is 21.8. The summed E-state index contributed by atoms with van der Waals surface area (Å²) in [5.41, 5.74) is -1.64. The van der Waals surface area contributed by atoms with Crippen molar-refractivity contribution in [2.45, 2.75) is 148 Å². The smallest absolute Gasteiger partial charge is 0.785 e. The molecular formula is C26H48Cs2N2O6. The number of carbonyl (C=O) groups excluding carboxylic acids is 2. The Labute approximate surface area is 337 Å². The van der Waals surface area contributed by atoms with Crippen LogP contribution in [-0.4, -0.2) is 57.9 Å². The second-order valence-corrected chi connectivity index (χ2v) is 11.9. The molecule has 0 aromatic heterocycles. The number of ether oxygens (including phenoxy) is 2. The molecule has 1 saturated heterocycles. The summed E-state index contributed by atoms with van der Waals surface area (Å²) in [4.78, 5) is 24.2. The van der Waals surface area contributed by atoms with Gasteiger partial charge in [-0.3, -0.25) is 9.59 Å². The predicted octanol–water partition coefficient (Wildman–Crippen LogP) is -0.292. The topological polar surface area (TPSA) is 105 Å². The van der Waals surface area contributed by atoms with Gasteiger partial charge in [-0.1, -0.05) is 25.7 Å². The number of nitrogens with zero attached hydrogens (tertiary/aromatic N) is 2. The van der Waals surface area contributed by atoms with Crippen molar-refractivity contribution < 1.29 is 157 Å². The van der Waals surface area contributed by atoms with Gasteiger partial charge < -0.3 is 30.0 Å². The molecule has 0 radical (unpaired) electrons. The monoisotopic (exact) mass is 750 g/mol. The van der Waals surface area contributed by atoms with Gasteiger partial charge in [-0.2, -0.15) is 0 Å². The number of hydroxylamine groups is 4. The molecular weight excluding hydrogens is 702 g/mol. The summed E-state index contributed by atoms with van der Waals surface area (Å²) in [5.74, 6) is -0.395. The van der Waals surface area contributed by atoms with Crippen LogP contribution in [0.5, 0.6) is 0 Å². The molecule has 1 atom stereocenters. The van der Waals surface area contributed by atoms with Crippen molar-refractivity contribution in [3.05, 3.63) is 10.4 Å². The molecule has 1 fully saturated rings. The number of piperidine rings is 1. The Morgan fingerprint density at radius 2 is 1.36 bits per heavy atom. The SMILES string of the molecule is CC(CC(C)(C)N(C)[O-])OC(=O)CCCCCCCCC(=O)OC1CC(C)(C)N([O-])C(C)(C)C1.[Cs+].[Cs+]. The molecule has 1 aliphatic rings. The predicted molar refractivity (Wildman–Crippen MR) is 135 cm³/mol. The molecule has 0 aliphatic carbocycles. The van der Waals surface area contributed by atoms with Gasteiger partial charge in [0.05, 0.1) is 0 Å². The normalized spacial score (nSPS) is 18.6. The summed E-state index contributed by atoms with van der Waals surface area (Å²) in [6, 6.07) is 0. The number of hydrogen-bond acceptors (Lipinski definition) is 8. The van der Waals surface area contributed by atoms with Crippen LogP contribution in [0, 0.1) is 10.4 Å². The van der Waals surface area contributed by atoms with Gasteiger partial charge in [-0.25, -0.2) is 0 Å². The van der Waals surface area contributed by atoms with Crippen molar-refractivity contribution in [2.24, 2.45) is 0 Å². The molecule has 200 valence electrons. The second kappa shape index (κ2) is 19.1. The standard InChI is InChI=1S/C26H48N2O6.2Cs/c1-20(17-24(2,3)27(8)31)33-22(29)15-13-11-9-10-12-14-16-23(30)34-21-18-25(4,5)28(32)26(6,7)19-21;;/h20-21H,9-19H2,1-8H3;;/q-2;2*+1. The van der Waals surface area contributed by atoms with Crippen LogP contribution in [0.4, 0.5) is 0 Å². The summed E-state index contributed by atoms with van der Waals surface area (Å²) in [5, 5.41) is 26.0. The van der Waals surface area contributed by atoms with Crippen molar-refractivity contribution in [1.82, 2.24) is 10.1 Å². The summed E-state index contributed by atoms with van der Waals surface area (Å²) < 4.78 is 11.1. The van der Waals surface area contributed by atoms with E-state index in [4.69, 9.17) is 9.47 Å². The fourth-order valence-electron chi connectivity index (χ4n) is 4.90. The van der Waals surface area contributed by atoms with Crippen molar-refractivity contribution in [1.29, 1.82) is 0 Å². The van der Waals surface area contributed by atoms with E-state index in [2.05, 4.69) is 0 Å². The first-order chi connectivity index (χ1) is 15.6. The largest absolute Gasteiger partial charge is 1.00 e. The zero-order chi connectivity index (χ0) is 26.2. The van der Waals surface area contributed by atoms with Crippen molar-refractivity contribution >= 4 is 11.9 Å². The molecule has 0 bridgehead atoms. The number of carbonyl (C=O) groups is 2. The third kappa shape index (κ3) is 15.8. The van der Waals surface area contributed by atoms with Crippen LogP contribution in [0.15, 0.2) is 0 Å². The van der Waals surface area contributed by atoms with Crippen molar-refractivity contribution in [3.8, 4) is 0 Å². The van der Waals surface area contributed by atoms with Crippen LogP contribution in [-0.2, 0) is 19.1 Å². The molecule has 1 unspecified atom stereocenters. The Morgan fingerprint density at radius 1 is 0.944 bits per heavy atom. The van der Waals surface area contributed by atoms with Gasteiger partial charge in [0.25, 0.3) is 0 Å². The van der Waals surface area contributed by atoms with Gasteiger partial charge in [0, 0.05) is 48.7 Å². The first-order valence-corrected chi connectivity index (χ1v) is 12.8. The Hall–Kier alpha value is 2.88. The molecule has 10 heteroatoms. The maximum absolute atomic E-state index is 12.4. The second-order valence-electron chi connectivity index (χ2n) is 11.9. The van der Waals surface area contributed by atoms with E-state index in [0.717, 1.165) is 48.7 Å². The van der Waals surface area contributed by atoms with Crippen LogP contribution in [0.1, 0.15) is 119 Å². The average Bonchev–Trinajstić information content (AvgIpc) is 2.66. The van der Waals surface area contributed by atoms with Gasteiger partial charge in [-0.05, 0) is 68.4 Å². The molecule has 36 heavy (non-hydrogen) atoms. The number of unbranched alkanes of at least 4 members (excludes halogenated alkanes) is 5. The van der Waals surface area contributed by atoms with Crippen LogP contribution in [0.3, 0.4) is 0 Å². The first-order valence-electron chi connectivity index (χ1n) is 12.8. The molecule has 0 saturated carbocycles. The molecule has 8 nitrogen and oxygen atoms in total. The first kappa shape index (κ1) is 41.0. The van der Waals surface area contributed by atoms with E-state index >= 15 is 0 Å². The summed E-state index contributed by atoms with van der Waals surface area (Å²) in [6.45, 7) is 13.1. The third-order valence-electron chi connectivity index (χ3n) is 6.84. The van der Waals surface area contributed by atoms with Gasteiger partial charge in [0.1, 0.15) is 12.2 Å². The van der Waals surface area contributed by atoms with E-state index in [1.54, 1.807) is 0 Å². The average molecular weight is 750 g/mol. The van der Waals surface area contributed by atoms with Crippen LogP contribution in [0.2, 0.25) is 0 Å². The van der Waals surface area contributed by atoms with Crippen LogP contribution >= 0.6 is 0 Å². The molecule has 0 aromatic carbocycles. The van der Waals surface area contributed by atoms with E-state index < -0.39 is 16.6 Å². The zero-order valence-corrected chi connectivity index (χ0v) is 37.3. The fraction of sp³-hybridized carbons (Fsp3) is 0.923. The van der Waals surface area contributed by atoms with Crippen LogP contribution < -0.4 is 138 Å². The quantitative estimate of drug-likeness (QED) is 0.136. The van der Waals surface area contributed by atoms with Crippen molar-refractivity contribution in [3.63, 3.8) is 0 Å². The Morgan fingerprint density at radius 3 is 1.81 bits per heavy atom. The van der Waals surface area contributed by atoms with Gasteiger partial charge in [-0.15, -0.1) is 0 Å². The molecule has 1 rings (SSSR count). The van der Waals surface area contributed by atoms with Gasteiger partial charge >= 0.3 is 150 Å². The fourth-order valence-corrected chi connectivity index (χ4v) is 4.90. The van der Waals surface area contributed by atoms with Crippen LogP contribution in [0.25, 0.3) is 0 Å². The molecule has 0 aromatic rings. The number of hydrogen-bond donors (Lipinski definition) is 0. The third-order valence-corrected chi connectivity index (χ3v) is 6.84. The number of rotatable bonds is 14. The van der Waals surface area contributed by atoms with E-state index in [1.807, 2.05) is 48.5 Å². The van der Waals surface area contributed by atoms with Gasteiger partial charge in [0.15, 0.2) is 0 Å². The summed E-state index contributed by atoms with van der Waals surface area (Å²) >= 11 is 0. The molecule has 1 aliphatic heterocycles. The zero-order valence-electron chi connectivity index (χ0n) is 24.8. The molecule has 0 N–H and O–H groups in total. The Balaban J connectivity index is 0. The summed E-state index contributed by atoms with van der Waals surface area (Å²) in [7, 11) is 1.48. The molecule has 0 spiro atoms. The number of esters is 2. The van der Waals surface area contributed by atoms with E-state index in [-0.39, 0.29) is 162 Å². The van der Waals surface area contributed by atoms with E-state index in [9.17, 15) is 20.0 Å². The molecule has 1 heterocycles. The van der Waals surface area contributed by atoms with Gasteiger partial charge in [0.2, 0.25) is 0 Å². The van der Waals surface area contributed by atoms with E-state index in [0.29, 0.717) is 32.1 Å². The minimum absolute atomic E-state index is 0. The minimum atomic E-state index is -0.562. The molecule has 0 amide bonds.